The second-order valence-electron chi connectivity index (χ2n) is 3.70. The van der Waals surface area contributed by atoms with Gasteiger partial charge in [0.15, 0.2) is 4.67 Å². The van der Waals surface area contributed by atoms with Crippen LogP contribution in [0.15, 0.2) is 39.4 Å². The molecule has 0 saturated heterocycles. The molecule has 0 aliphatic heterocycles. The van der Waals surface area contributed by atoms with Gasteiger partial charge >= 0.3 is 0 Å². The zero-order chi connectivity index (χ0) is 12.3. The number of halogens is 1. The second-order valence-corrected chi connectivity index (χ2v) is 4.48. The van der Waals surface area contributed by atoms with Gasteiger partial charge in [-0.05, 0) is 52.7 Å². The number of nitriles is 1. The van der Waals surface area contributed by atoms with Crippen molar-refractivity contribution < 1.29 is 4.42 Å². The average Bonchev–Trinajstić information content (AvgIpc) is 2.74. The molecule has 0 aliphatic carbocycles. The number of nitrogens with zero attached hydrogens (tertiary/aromatic N) is 1. The summed E-state index contributed by atoms with van der Waals surface area (Å²) in [6.07, 6.45) is 0. The van der Waals surface area contributed by atoms with Crippen LogP contribution in [0.5, 0.6) is 0 Å². The van der Waals surface area contributed by atoms with Crippen molar-refractivity contribution in [3.8, 4) is 6.07 Å². The van der Waals surface area contributed by atoms with Crippen LogP contribution in [0, 0.1) is 18.3 Å². The maximum atomic E-state index is 8.84. The molecule has 4 heteroatoms. The highest BCUT2D eigenvalue weighted by atomic mass is 79.9. The van der Waals surface area contributed by atoms with Crippen molar-refractivity contribution in [2.45, 2.75) is 13.5 Å². The largest absolute Gasteiger partial charge is 0.452 e. The van der Waals surface area contributed by atoms with Crippen LogP contribution in [0.3, 0.4) is 0 Å². The molecule has 0 radical (unpaired) electrons. The maximum absolute atomic E-state index is 8.84. The fraction of sp³-hybridized carbons (Fsp3) is 0.154. The molecule has 0 amide bonds. The molecule has 1 aromatic heterocycles. The third kappa shape index (κ3) is 2.89. The van der Waals surface area contributed by atoms with Crippen LogP contribution in [0.2, 0.25) is 0 Å². The Bertz CT molecular complexity index is 569. The van der Waals surface area contributed by atoms with E-state index in [1.807, 2.05) is 37.3 Å². The highest BCUT2D eigenvalue weighted by Gasteiger charge is 2.02. The van der Waals surface area contributed by atoms with Crippen LogP contribution < -0.4 is 5.32 Å². The molecule has 1 N–H and O–H groups in total. The van der Waals surface area contributed by atoms with E-state index in [1.54, 1.807) is 0 Å². The molecule has 1 aromatic carbocycles. The van der Waals surface area contributed by atoms with E-state index in [9.17, 15) is 0 Å². The molecule has 0 unspecified atom stereocenters. The molecule has 0 fully saturated rings. The van der Waals surface area contributed by atoms with Gasteiger partial charge in [0, 0.05) is 5.69 Å². The number of hydrogen-bond acceptors (Lipinski definition) is 3. The Morgan fingerprint density at radius 1 is 1.35 bits per heavy atom. The molecule has 0 spiro atoms. The number of rotatable bonds is 3. The lowest BCUT2D eigenvalue weighted by molar-refractivity contribution is 0.495. The number of aryl methyl sites for hydroxylation is 1. The Labute approximate surface area is 108 Å². The first-order valence-electron chi connectivity index (χ1n) is 5.18. The van der Waals surface area contributed by atoms with Gasteiger partial charge in [-0.1, -0.05) is 6.07 Å². The number of hydrogen-bond donors (Lipinski definition) is 1. The van der Waals surface area contributed by atoms with E-state index >= 15 is 0 Å². The highest BCUT2D eigenvalue weighted by Crippen LogP contribution is 2.19. The summed E-state index contributed by atoms with van der Waals surface area (Å²) in [5.74, 6) is 0.846. The molecule has 1 heterocycles. The average molecular weight is 291 g/mol. The van der Waals surface area contributed by atoms with E-state index in [0.29, 0.717) is 12.1 Å². The van der Waals surface area contributed by atoms with E-state index in [-0.39, 0.29) is 0 Å². The smallest absolute Gasteiger partial charge is 0.169 e. The van der Waals surface area contributed by atoms with Gasteiger partial charge in [0.1, 0.15) is 5.76 Å². The Morgan fingerprint density at radius 3 is 2.82 bits per heavy atom. The summed E-state index contributed by atoms with van der Waals surface area (Å²) in [7, 11) is 0. The lowest BCUT2D eigenvalue weighted by atomic mass is 10.1. The molecule has 2 rings (SSSR count). The fourth-order valence-electron chi connectivity index (χ4n) is 1.51. The van der Waals surface area contributed by atoms with Crippen LogP contribution in [-0.4, -0.2) is 0 Å². The molecule has 0 atom stereocenters. The minimum atomic E-state index is 0.599. The molecular weight excluding hydrogens is 280 g/mol. The molecular formula is C13H11BrN2O. The maximum Gasteiger partial charge on any atom is 0.169 e. The lowest BCUT2D eigenvalue weighted by Crippen LogP contribution is -2.00. The van der Waals surface area contributed by atoms with E-state index in [0.717, 1.165) is 21.7 Å². The van der Waals surface area contributed by atoms with E-state index in [1.165, 1.54) is 0 Å². The molecule has 0 bridgehead atoms. The van der Waals surface area contributed by atoms with Gasteiger partial charge < -0.3 is 9.73 Å². The second kappa shape index (κ2) is 5.07. The van der Waals surface area contributed by atoms with Gasteiger partial charge in [-0.25, -0.2) is 0 Å². The summed E-state index contributed by atoms with van der Waals surface area (Å²) >= 11 is 3.26. The molecule has 0 aliphatic rings. The van der Waals surface area contributed by atoms with Crippen molar-refractivity contribution in [1.29, 1.82) is 5.26 Å². The van der Waals surface area contributed by atoms with Gasteiger partial charge in [0.25, 0.3) is 0 Å². The van der Waals surface area contributed by atoms with Crippen LogP contribution in [0.1, 0.15) is 16.9 Å². The molecule has 86 valence electrons. The summed E-state index contributed by atoms with van der Waals surface area (Å²) in [6, 6.07) is 11.5. The first-order valence-corrected chi connectivity index (χ1v) is 5.97. The fourth-order valence-corrected chi connectivity index (χ4v) is 1.85. The summed E-state index contributed by atoms with van der Waals surface area (Å²) < 4.78 is 6.11. The van der Waals surface area contributed by atoms with Crippen LogP contribution >= 0.6 is 15.9 Å². The summed E-state index contributed by atoms with van der Waals surface area (Å²) in [6.45, 7) is 2.60. The number of anilines is 1. The van der Waals surface area contributed by atoms with Crippen LogP contribution in [0.25, 0.3) is 0 Å². The lowest BCUT2D eigenvalue weighted by Gasteiger charge is -2.08. The van der Waals surface area contributed by atoms with Gasteiger partial charge in [-0.15, -0.1) is 0 Å². The predicted molar refractivity (Wildman–Crippen MR) is 69.6 cm³/mol. The zero-order valence-electron chi connectivity index (χ0n) is 9.33. The monoisotopic (exact) mass is 290 g/mol. The van der Waals surface area contributed by atoms with Crippen molar-refractivity contribution in [3.63, 3.8) is 0 Å². The third-order valence-electron chi connectivity index (χ3n) is 2.45. The van der Waals surface area contributed by atoms with E-state index < -0.39 is 0 Å². The van der Waals surface area contributed by atoms with Gasteiger partial charge in [-0.2, -0.15) is 5.26 Å². The first-order chi connectivity index (χ1) is 8.19. The van der Waals surface area contributed by atoms with Gasteiger partial charge in [0.2, 0.25) is 0 Å². The SMILES string of the molecule is Cc1ccc(C#N)cc1NCc1ccc(Br)o1. The Kier molecular flexibility index (Phi) is 3.50. The van der Waals surface area contributed by atoms with Gasteiger partial charge in [-0.3, -0.25) is 0 Å². The Hall–Kier alpha value is -1.73. The number of furan rings is 1. The summed E-state index contributed by atoms with van der Waals surface area (Å²) in [4.78, 5) is 0. The Morgan fingerprint density at radius 2 is 2.18 bits per heavy atom. The number of nitrogens with one attached hydrogen (secondary N) is 1. The van der Waals surface area contributed by atoms with E-state index in [4.69, 9.17) is 9.68 Å². The molecule has 0 saturated carbocycles. The van der Waals surface area contributed by atoms with E-state index in [2.05, 4.69) is 27.3 Å². The van der Waals surface area contributed by atoms with Crippen LogP contribution in [0.4, 0.5) is 5.69 Å². The summed E-state index contributed by atoms with van der Waals surface area (Å²) in [5, 5.41) is 12.1. The zero-order valence-corrected chi connectivity index (χ0v) is 10.9. The van der Waals surface area contributed by atoms with Gasteiger partial charge in [0.05, 0.1) is 18.2 Å². The molecule has 3 nitrogen and oxygen atoms in total. The normalized spacial score (nSPS) is 9.94. The number of benzene rings is 1. The minimum Gasteiger partial charge on any atom is -0.452 e. The van der Waals surface area contributed by atoms with Crippen molar-refractivity contribution in [1.82, 2.24) is 0 Å². The molecule has 2 aromatic rings. The molecule has 17 heavy (non-hydrogen) atoms. The topological polar surface area (TPSA) is 49.0 Å². The van der Waals surface area contributed by atoms with Crippen molar-refractivity contribution in [2.24, 2.45) is 0 Å². The van der Waals surface area contributed by atoms with Crippen molar-refractivity contribution in [3.05, 3.63) is 51.9 Å². The quantitative estimate of drug-likeness (QED) is 0.934. The van der Waals surface area contributed by atoms with Crippen LogP contribution in [-0.2, 0) is 6.54 Å². The third-order valence-corrected chi connectivity index (χ3v) is 2.87. The van der Waals surface area contributed by atoms with Crippen molar-refractivity contribution in [2.75, 3.05) is 5.32 Å². The first kappa shape index (κ1) is 11.7. The van der Waals surface area contributed by atoms with Crippen molar-refractivity contribution >= 4 is 21.6 Å². The Balaban J connectivity index is 2.11. The standard InChI is InChI=1S/C13H11BrN2O/c1-9-2-3-10(7-15)6-12(9)16-8-11-4-5-13(14)17-11/h2-6,16H,8H2,1H3. The highest BCUT2D eigenvalue weighted by molar-refractivity contribution is 9.10. The summed E-state index contributed by atoms with van der Waals surface area (Å²) in [5.41, 5.74) is 2.71. The predicted octanol–water partition coefficient (Wildman–Crippen LogP) is 3.83. The minimum absolute atomic E-state index is 0.599.